The van der Waals surface area contributed by atoms with Gasteiger partial charge in [0.1, 0.15) is 0 Å². The van der Waals surface area contributed by atoms with Crippen LogP contribution in [0.1, 0.15) is 0 Å². The highest BCUT2D eigenvalue weighted by atomic mass is 32.1. The van der Waals surface area contributed by atoms with Crippen molar-refractivity contribution in [1.29, 1.82) is 0 Å². The third-order valence-corrected chi connectivity index (χ3v) is 0.175. The fraction of sp³-hybridized carbons (Fsp3) is 0. The first kappa shape index (κ1) is 10.1. The molecule has 0 amide bonds. The Balaban J connectivity index is 0. The van der Waals surface area contributed by atoms with E-state index in [-0.39, 0.29) is 0 Å². The van der Waals surface area contributed by atoms with Crippen LogP contribution in [-0.2, 0) is 16.4 Å². The van der Waals surface area contributed by atoms with Crippen molar-refractivity contribution >= 4 is 17.5 Å². The smallest absolute Gasteiger partial charge is 0.335 e. The molecule has 0 unspecified atom stereocenters. The topological polar surface area (TPSA) is 71.4 Å². The van der Waals surface area contributed by atoms with E-state index in [1.807, 2.05) is 0 Å². The Kier molecular flexibility index (Phi) is 11.9. The predicted molar refractivity (Wildman–Crippen MR) is 26.8 cm³/mol. The fourth-order valence-electron chi connectivity index (χ4n) is 0. The average Bonchev–Trinajstić information content (AvgIpc) is 1.69. The number of carbonyl (C=O) groups is 1. The summed E-state index contributed by atoms with van der Waals surface area (Å²) in [6, 6.07) is 0. The lowest BCUT2D eigenvalue weighted by molar-refractivity contribution is -0.131. The predicted octanol–water partition coefficient (Wildman–Crippen LogP) is -0.413. The van der Waals surface area contributed by atoms with Crippen LogP contribution in [0, 0.1) is 0 Å². The summed E-state index contributed by atoms with van der Waals surface area (Å²) in [7, 11) is 0. The molecule has 0 rings (SSSR count). The number of hydrogen-bond acceptors (Lipinski definition) is 3. The Bertz CT molecular complexity index is 112. The molecule has 4 nitrogen and oxygen atoms in total. The molecule has 0 heterocycles. The van der Waals surface area contributed by atoms with E-state index in [1.165, 1.54) is 0 Å². The molecule has 0 spiro atoms. The minimum Gasteiger partial charge on any atom is -0.478 e. The van der Waals surface area contributed by atoms with Crippen molar-refractivity contribution in [2.24, 2.45) is 0 Å². The van der Waals surface area contributed by atoms with Gasteiger partial charge in [-0.1, -0.05) is 6.58 Å². The second kappa shape index (κ2) is 9.39. The standard InChI is InChI=1S/C3H4O2.O2S/c1-2-3(4)5;1-3-2/h2H,1H2,(H,4,5);. The second-order valence-corrected chi connectivity index (χ2v) is 0.746. The highest BCUT2D eigenvalue weighted by Crippen LogP contribution is 1.54. The molecule has 0 saturated heterocycles. The molecule has 0 saturated carbocycles. The first-order valence-electron chi connectivity index (χ1n) is 1.46. The highest BCUT2D eigenvalue weighted by Gasteiger charge is 1.73. The van der Waals surface area contributed by atoms with Crippen LogP contribution in [-0.4, -0.2) is 19.5 Å². The van der Waals surface area contributed by atoms with Crippen molar-refractivity contribution < 1.29 is 18.3 Å². The molecule has 1 N–H and O–H groups in total. The number of rotatable bonds is 1. The van der Waals surface area contributed by atoms with Gasteiger partial charge in [0.25, 0.3) is 0 Å². The summed E-state index contributed by atoms with van der Waals surface area (Å²) in [4.78, 5) is 9.25. The van der Waals surface area contributed by atoms with Crippen LogP contribution in [0.2, 0.25) is 0 Å². The van der Waals surface area contributed by atoms with E-state index in [0.29, 0.717) is 0 Å². The molecule has 0 aromatic heterocycles. The average molecular weight is 136 g/mol. The number of carboxylic acid groups (broad SMARTS) is 1. The van der Waals surface area contributed by atoms with Crippen molar-refractivity contribution in [2.75, 3.05) is 0 Å². The summed E-state index contributed by atoms with van der Waals surface area (Å²) in [6.07, 6.45) is 0.833. The van der Waals surface area contributed by atoms with Gasteiger partial charge in [-0.15, -0.1) is 0 Å². The van der Waals surface area contributed by atoms with Crippen LogP contribution in [0.15, 0.2) is 12.7 Å². The summed E-state index contributed by atoms with van der Waals surface area (Å²) in [6.45, 7) is 2.96. The van der Waals surface area contributed by atoms with Crippen molar-refractivity contribution in [3.8, 4) is 0 Å². The molecule has 0 aromatic carbocycles. The van der Waals surface area contributed by atoms with Gasteiger partial charge in [-0.25, -0.2) is 4.79 Å². The summed E-state index contributed by atoms with van der Waals surface area (Å²) in [5.74, 6) is -0.981. The second-order valence-electron chi connectivity index (χ2n) is 0.610. The molecule has 0 atom stereocenters. The molecule has 0 aliphatic carbocycles. The fourth-order valence-corrected chi connectivity index (χ4v) is 0. The monoisotopic (exact) mass is 136 g/mol. The van der Waals surface area contributed by atoms with E-state index in [2.05, 4.69) is 6.58 Å². The van der Waals surface area contributed by atoms with E-state index >= 15 is 0 Å². The largest absolute Gasteiger partial charge is 0.478 e. The maximum atomic E-state index is 9.25. The Morgan fingerprint density at radius 2 is 1.75 bits per heavy atom. The van der Waals surface area contributed by atoms with Crippen molar-refractivity contribution in [3.05, 3.63) is 12.7 Å². The van der Waals surface area contributed by atoms with E-state index in [1.54, 1.807) is 0 Å². The zero-order valence-electron chi connectivity index (χ0n) is 3.86. The Morgan fingerprint density at radius 1 is 1.62 bits per heavy atom. The molecular weight excluding hydrogens is 132 g/mol. The molecule has 0 aliphatic heterocycles. The Morgan fingerprint density at radius 3 is 1.75 bits per heavy atom. The first-order chi connectivity index (χ1) is 3.68. The van der Waals surface area contributed by atoms with Crippen molar-refractivity contribution in [3.63, 3.8) is 0 Å². The Hall–Kier alpha value is -0.970. The lowest BCUT2D eigenvalue weighted by Crippen LogP contribution is -1.82. The molecule has 0 aromatic rings. The third kappa shape index (κ3) is 77.0. The van der Waals surface area contributed by atoms with Crippen LogP contribution >= 0.6 is 0 Å². The summed E-state index contributed by atoms with van der Waals surface area (Å²) < 4.78 is 16.6. The number of carboxylic acids is 1. The van der Waals surface area contributed by atoms with Gasteiger partial charge in [-0.05, 0) is 0 Å². The molecule has 0 radical (unpaired) electrons. The molecule has 8 heavy (non-hydrogen) atoms. The molecule has 0 bridgehead atoms. The van der Waals surface area contributed by atoms with E-state index in [9.17, 15) is 4.79 Å². The van der Waals surface area contributed by atoms with Gasteiger partial charge in [-0.3, -0.25) is 0 Å². The zero-order chi connectivity index (χ0) is 6.99. The van der Waals surface area contributed by atoms with Crippen molar-refractivity contribution in [1.82, 2.24) is 0 Å². The molecule has 5 heteroatoms. The number of hydrogen-bond donors (Lipinski definition) is 1. The minimum absolute atomic E-state index is 0.750. The Labute approximate surface area is 49.4 Å². The molecule has 46 valence electrons. The van der Waals surface area contributed by atoms with Gasteiger partial charge in [0.2, 0.25) is 0 Å². The van der Waals surface area contributed by atoms with Gasteiger partial charge in [-0.2, -0.15) is 8.42 Å². The van der Waals surface area contributed by atoms with Crippen LogP contribution in [0.4, 0.5) is 0 Å². The van der Waals surface area contributed by atoms with E-state index in [0.717, 1.165) is 6.08 Å². The SMILES string of the molecule is C=CC(=O)O.O=S=O. The van der Waals surface area contributed by atoms with Crippen LogP contribution in [0.5, 0.6) is 0 Å². The van der Waals surface area contributed by atoms with E-state index in [4.69, 9.17) is 13.5 Å². The summed E-state index contributed by atoms with van der Waals surface area (Å²) in [5, 5.41) is 7.60. The minimum atomic E-state index is -0.981. The van der Waals surface area contributed by atoms with Gasteiger partial charge >= 0.3 is 17.5 Å². The maximum Gasteiger partial charge on any atom is 0.335 e. The zero-order valence-corrected chi connectivity index (χ0v) is 4.68. The van der Waals surface area contributed by atoms with Gasteiger partial charge in [0, 0.05) is 6.08 Å². The van der Waals surface area contributed by atoms with Crippen LogP contribution < -0.4 is 0 Å². The summed E-state index contributed by atoms with van der Waals surface area (Å²) in [5.41, 5.74) is 0. The van der Waals surface area contributed by atoms with Gasteiger partial charge < -0.3 is 5.11 Å². The third-order valence-electron chi connectivity index (χ3n) is 0.175. The van der Waals surface area contributed by atoms with Gasteiger partial charge in [0.15, 0.2) is 0 Å². The summed E-state index contributed by atoms with van der Waals surface area (Å²) >= 11 is -0.750. The maximum absolute atomic E-state index is 9.25. The molecule has 0 aliphatic rings. The van der Waals surface area contributed by atoms with Crippen molar-refractivity contribution in [2.45, 2.75) is 0 Å². The van der Waals surface area contributed by atoms with Crippen LogP contribution in [0.25, 0.3) is 0 Å². The lowest BCUT2D eigenvalue weighted by atomic mass is 10.7. The van der Waals surface area contributed by atoms with Gasteiger partial charge in [0.05, 0.1) is 0 Å². The first-order valence-corrected chi connectivity index (χ1v) is 2.12. The quantitative estimate of drug-likeness (QED) is 0.497. The normalized spacial score (nSPS) is 5.50. The lowest BCUT2D eigenvalue weighted by Gasteiger charge is -1.64. The molecular formula is C3H4O4S. The number of aliphatic carboxylic acids is 1. The van der Waals surface area contributed by atoms with E-state index < -0.39 is 17.5 Å². The molecule has 0 fully saturated rings. The highest BCUT2D eigenvalue weighted by molar-refractivity contribution is 7.51. The van der Waals surface area contributed by atoms with Crippen LogP contribution in [0.3, 0.4) is 0 Å².